The summed E-state index contributed by atoms with van der Waals surface area (Å²) < 4.78 is 6.16. The predicted molar refractivity (Wildman–Crippen MR) is 149 cm³/mol. The van der Waals surface area contributed by atoms with Crippen molar-refractivity contribution in [2.24, 2.45) is 0 Å². The average Bonchev–Trinajstić information content (AvgIpc) is 2.83. The number of benzene rings is 1. The van der Waals surface area contributed by atoms with E-state index in [1.54, 1.807) is 0 Å². The maximum atomic E-state index is 11.7. The molecule has 0 amide bonds. The smallest absolute Gasteiger partial charge is 0.331 e. The monoisotopic (exact) mass is 490 g/mol. The molecule has 1 rings (SSSR count). The van der Waals surface area contributed by atoms with Gasteiger partial charge in [0.2, 0.25) is 8.32 Å². The van der Waals surface area contributed by atoms with Crippen molar-refractivity contribution in [3.63, 3.8) is 0 Å². The highest BCUT2D eigenvalue weighted by molar-refractivity contribution is 6.84. The van der Waals surface area contributed by atoms with Crippen LogP contribution in [-0.4, -0.2) is 25.5 Å². The van der Waals surface area contributed by atoms with E-state index >= 15 is 0 Å². The zero-order valence-electron chi connectivity index (χ0n) is 22.7. The maximum absolute atomic E-state index is 11.7. The molecule has 1 aromatic rings. The molecule has 4 heteroatoms. The van der Waals surface area contributed by atoms with Gasteiger partial charge in [-0.15, -0.1) is 0 Å². The van der Waals surface area contributed by atoms with Gasteiger partial charge in [-0.1, -0.05) is 153 Å². The Morgan fingerprint density at radius 2 is 1.09 bits per heavy atom. The van der Waals surface area contributed by atoms with Crippen LogP contribution in [0.3, 0.4) is 0 Å². The third-order valence-corrected chi connectivity index (χ3v) is 9.60. The molecule has 0 saturated heterocycles. The molecule has 196 valence electrons. The largest absolute Gasteiger partial charge is 0.479 e. The van der Waals surface area contributed by atoms with Crippen molar-refractivity contribution in [2.75, 3.05) is 0 Å². The molecule has 1 unspecified atom stereocenters. The van der Waals surface area contributed by atoms with Gasteiger partial charge in [-0.25, -0.2) is 4.79 Å². The first kappa shape index (κ1) is 30.9. The Bertz CT molecular complexity index is 602. The number of hydrogen-bond acceptors (Lipinski definition) is 2. The van der Waals surface area contributed by atoms with Crippen LogP contribution < -0.4 is 5.19 Å². The minimum absolute atomic E-state index is 0.622. The van der Waals surface area contributed by atoms with Gasteiger partial charge in [0.25, 0.3) is 0 Å². The van der Waals surface area contributed by atoms with Crippen LogP contribution in [0, 0.1) is 0 Å². The first-order valence-electron chi connectivity index (χ1n) is 14.4. The second-order valence-corrected chi connectivity index (χ2v) is 14.5. The van der Waals surface area contributed by atoms with E-state index in [9.17, 15) is 9.90 Å². The quantitative estimate of drug-likeness (QED) is 0.123. The van der Waals surface area contributed by atoms with Crippen molar-refractivity contribution < 1.29 is 14.3 Å². The average molecular weight is 491 g/mol. The molecule has 1 atom stereocenters. The Labute approximate surface area is 212 Å². The molecule has 3 nitrogen and oxygen atoms in total. The van der Waals surface area contributed by atoms with Gasteiger partial charge < -0.3 is 9.53 Å². The highest BCUT2D eigenvalue weighted by Gasteiger charge is 2.31. The number of rotatable bonds is 23. The molecule has 0 spiro atoms. The topological polar surface area (TPSA) is 46.5 Å². The Hall–Kier alpha value is -1.13. The number of unbranched alkanes of at least 4 members (excludes halogenated alkanes) is 17. The second-order valence-electron chi connectivity index (χ2n) is 10.6. The molecule has 0 radical (unpaired) electrons. The zero-order chi connectivity index (χ0) is 24.9. The van der Waals surface area contributed by atoms with Crippen molar-refractivity contribution in [3.05, 3.63) is 30.3 Å². The fourth-order valence-corrected chi connectivity index (χ4v) is 6.79. The Morgan fingerprint density at radius 3 is 1.47 bits per heavy atom. The molecule has 0 aliphatic rings. The summed E-state index contributed by atoms with van der Waals surface area (Å²) in [5, 5.41) is 10.8. The van der Waals surface area contributed by atoms with Gasteiger partial charge in [-0.05, 0) is 24.7 Å². The first-order chi connectivity index (χ1) is 16.5. The summed E-state index contributed by atoms with van der Waals surface area (Å²) in [5.41, 5.74) is 0. The van der Waals surface area contributed by atoms with E-state index in [4.69, 9.17) is 4.43 Å². The van der Waals surface area contributed by atoms with Crippen LogP contribution in [0.2, 0.25) is 13.1 Å². The van der Waals surface area contributed by atoms with E-state index in [0.717, 1.165) is 18.0 Å². The van der Waals surface area contributed by atoms with Crippen LogP contribution in [0.15, 0.2) is 30.3 Å². The number of carbonyl (C=O) groups is 1. The van der Waals surface area contributed by atoms with E-state index in [-0.39, 0.29) is 0 Å². The zero-order valence-corrected chi connectivity index (χ0v) is 23.7. The van der Waals surface area contributed by atoms with Crippen LogP contribution in [0.5, 0.6) is 0 Å². The molecule has 0 saturated carbocycles. The molecule has 0 bridgehead atoms. The van der Waals surface area contributed by atoms with Gasteiger partial charge in [0.05, 0.1) is 0 Å². The van der Waals surface area contributed by atoms with Gasteiger partial charge >= 0.3 is 5.97 Å². The summed E-state index contributed by atoms with van der Waals surface area (Å²) in [6.07, 6.45) is 24.2. The van der Waals surface area contributed by atoms with Crippen molar-refractivity contribution in [1.29, 1.82) is 0 Å². The van der Waals surface area contributed by atoms with Gasteiger partial charge in [-0.3, -0.25) is 0 Å². The van der Waals surface area contributed by atoms with E-state index in [1.165, 1.54) is 103 Å². The first-order valence-corrected chi connectivity index (χ1v) is 17.3. The van der Waals surface area contributed by atoms with Crippen LogP contribution in [0.4, 0.5) is 0 Å². The maximum Gasteiger partial charge on any atom is 0.331 e. The minimum Gasteiger partial charge on any atom is -0.479 e. The lowest BCUT2D eigenvalue weighted by molar-refractivity contribution is -0.145. The lowest BCUT2D eigenvalue weighted by Gasteiger charge is -2.27. The van der Waals surface area contributed by atoms with Crippen LogP contribution in [-0.2, 0) is 9.22 Å². The van der Waals surface area contributed by atoms with Crippen molar-refractivity contribution >= 4 is 19.5 Å². The summed E-state index contributed by atoms with van der Waals surface area (Å²) in [4.78, 5) is 11.7. The lowest BCUT2D eigenvalue weighted by atomic mass is 10.0. The Balaban J connectivity index is 1.96. The molecule has 1 aromatic carbocycles. The Kier molecular flexibility index (Phi) is 18.3. The normalized spacial score (nSPS) is 12.7. The molecule has 0 aromatic heterocycles. The fourth-order valence-electron chi connectivity index (χ4n) is 4.73. The van der Waals surface area contributed by atoms with Crippen LogP contribution in [0.1, 0.15) is 129 Å². The number of carboxylic acids is 1. The van der Waals surface area contributed by atoms with Crippen LogP contribution in [0.25, 0.3) is 0 Å². The molecule has 0 fully saturated rings. The summed E-state index contributed by atoms with van der Waals surface area (Å²) in [6.45, 7) is 6.47. The molecular weight excluding hydrogens is 436 g/mol. The fraction of sp³-hybridized carbons (Fsp3) is 0.767. The molecule has 0 aliphatic heterocycles. The molecule has 34 heavy (non-hydrogen) atoms. The highest BCUT2D eigenvalue weighted by Crippen LogP contribution is 2.17. The van der Waals surface area contributed by atoms with Gasteiger partial charge in [0.15, 0.2) is 0 Å². The third kappa shape index (κ3) is 15.7. The minimum atomic E-state index is -2.20. The van der Waals surface area contributed by atoms with Gasteiger partial charge in [-0.2, -0.15) is 0 Å². The molecule has 1 N–H and O–H groups in total. The van der Waals surface area contributed by atoms with Crippen molar-refractivity contribution in [2.45, 2.75) is 148 Å². The van der Waals surface area contributed by atoms with E-state index in [0.29, 0.717) is 6.42 Å². The number of aliphatic carboxylic acids is 1. The number of hydrogen-bond donors (Lipinski definition) is 1. The predicted octanol–water partition coefficient (Wildman–Crippen LogP) is 9.00. The van der Waals surface area contributed by atoms with E-state index in [2.05, 4.69) is 32.2 Å². The highest BCUT2D eigenvalue weighted by atomic mass is 28.4. The van der Waals surface area contributed by atoms with Crippen molar-refractivity contribution in [3.8, 4) is 0 Å². The van der Waals surface area contributed by atoms with Gasteiger partial charge in [0.1, 0.15) is 6.10 Å². The second kappa shape index (κ2) is 20.1. The molecule has 0 aliphatic carbocycles. The lowest BCUT2D eigenvalue weighted by Crippen LogP contribution is -2.49. The SMILES string of the molecule is CCCCCCCCCCCCCCCCCCCCC(O[Si](C)(C)c1ccccc1)C(=O)O. The van der Waals surface area contributed by atoms with Crippen molar-refractivity contribution in [1.82, 2.24) is 0 Å². The summed E-state index contributed by atoms with van der Waals surface area (Å²) in [5.74, 6) is -0.816. The standard InChI is InChI=1S/C30H54O3Si/c1-4-5-6-7-8-9-10-11-12-13-14-15-16-17-18-19-20-24-27-29(30(31)32)33-34(2,3)28-25-22-21-23-26-28/h21-23,25-26,29H,4-20,24,27H2,1-3H3,(H,31,32). The van der Waals surface area contributed by atoms with Gasteiger partial charge in [0, 0.05) is 0 Å². The van der Waals surface area contributed by atoms with Crippen LogP contribution >= 0.6 is 0 Å². The van der Waals surface area contributed by atoms with E-state index < -0.39 is 20.4 Å². The summed E-state index contributed by atoms with van der Waals surface area (Å²) >= 11 is 0. The third-order valence-electron chi connectivity index (χ3n) is 7.00. The van der Waals surface area contributed by atoms with E-state index in [1.807, 2.05) is 18.2 Å². The Morgan fingerprint density at radius 1 is 0.706 bits per heavy atom. The number of carboxylic acid groups (broad SMARTS) is 1. The summed E-state index contributed by atoms with van der Waals surface area (Å²) in [6, 6.07) is 10.1. The summed E-state index contributed by atoms with van der Waals surface area (Å²) in [7, 11) is -2.20. The molecular formula is C30H54O3Si. The molecule has 0 heterocycles.